The van der Waals surface area contributed by atoms with Crippen LogP contribution in [0.2, 0.25) is 0 Å². The summed E-state index contributed by atoms with van der Waals surface area (Å²) in [5.41, 5.74) is 2.67. The van der Waals surface area contributed by atoms with Gasteiger partial charge in [0, 0.05) is 37.7 Å². The van der Waals surface area contributed by atoms with Crippen LogP contribution in [0.4, 0.5) is 4.39 Å². The van der Waals surface area contributed by atoms with Gasteiger partial charge in [-0.05, 0) is 35.4 Å². The zero-order chi connectivity index (χ0) is 26.4. The average Bonchev–Trinajstić information content (AvgIpc) is 3.58. The van der Waals surface area contributed by atoms with Gasteiger partial charge in [0.2, 0.25) is 0 Å². The lowest BCUT2D eigenvalue weighted by atomic mass is 10.1. The second kappa shape index (κ2) is 8.83. The first-order valence-electron chi connectivity index (χ1n) is 11.7. The van der Waals surface area contributed by atoms with E-state index in [-0.39, 0.29) is 48.4 Å². The molecule has 2 aliphatic heterocycles. The summed E-state index contributed by atoms with van der Waals surface area (Å²) in [7, 11) is 0. The maximum atomic E-state index is 13.9. The zero-order valence-electron chi connectivity index (χ0n) is 20.0. The Morgan fingerprint density at radius 1 is 0.974 bits per heavy atom. The molecule has 2 N–H and O–H groups in total. The summed E-state index contributed by atoms with van der Waals surface area (Å²) in [5, 5.41) is 9.69. The van der Waals surface area contributed by atoms with E-state index in [1.807, 2.05) is 0 Å². The molecule has 0 bridgehead atoms. The Bertz CT molecular complexity index is 1630. The molecule has 11 nitrogen and oxygen atoms in total. The molecular formula is C26H20FN5O6. The van der Waals surface area contributed by atoms with Crippen molar-refractivity contribution in [3.8, 4) is 17.2 Å². The molecule has 0 aliphatic carbocycles. The molecule has 2 aromatic heterocycles. The highest BCUT2D eigenvalue weighted by molar-refractivity contribution is 5.98. The molecule has 2 aliphatic rings. The molecule has 0 spiro atoms. The summed E-state index contributed by atoms with van der Waals surface area (Å²) in [5.74, 6) is -0.259. The van der Waals surface area contributed by atoms with Gasteiger partial charge in [0.15, 0.2) is 17.1 Å². The minimum Gasteiger partial charge on any atom is -0.426 e. The van der Waals surface area contributed by atoms with Gasteiger partial charge in [-0.25, -0.2) is 9.50 Å². The molecule has 0 fully saturated rings. The summed E-state index contributed by atoms with van der Waals surface area (Å²) < 4.78 is 30.5. The number of nitrogens with one attached hydrogen (secondary N) is 2. The summed E-state index contributed by atoms with van der Waals surface area (Å²) in [6.45, 7) is 1.45. The number of amides is 2. The third kappa shape index (κ3) is 4.47. The van der Waals surface area contributed by atoms with Crippen LogP contribution in [0.1, 0.15) is 44.6 Å². The smallest absolute Gasteiger partial charge is 0.404 e. The quantitative estimate of drug-likeness (QED) is 0.294. The standard InChI is InChI=1S/C26H20FN5O6/c1-26(27)37-20-5-3-15(9-21(20)38-26)13-29-25(35)18-11-17(31-22-6-7-30-32(18)22)24(34)28-12-14-2-4-19-16(8-14)10-23(33)36-19/h2-9,11H,10,12-13H2,1H3,(H,28,34)(H,29,35). The van der Waals surface area contributed by atoms with Crippen molar-refractivity contribution in [1.29, 1.82) is 0 Å². The van der Waals surface area contributed by atoms with Gasteiger partial charge in [-0.3, -0.25) is 14.4 Å². The van der Waals surface area contributed by atoms with E-state index < -0.39 is 17.9 Å². The number of fused-ring (bicyclic) bond motifs is 3. The summed E-state index contributed by atoms with van der Waals surface area (Å²) in [6, 6.07) is 10.8. The molecule has 2 amide bonds. The van der Waals surface area contributed by atoms with Crippen molar-refractivity contribution in [2.75, 3.05) is 0 Å². The molecular weight excluding hydrogens is 497 g/mol. The molecule has 1 unspecified atom stereocenters. The lowest BCUT2D eigenvalue weighted by Gasteiger charge is -2.11. The molecule has 1 atom stereocenters. The fourth-order valence-corrected chi connectivity index (χ4v) is 4.27. The van der Waals surface area contributed by atoms with Gasteiger partial charge in [0.05, 0.1) is 12.6 Å². The third-order valence-corrected chi connectivity index (χ3v) is 6.01. The largest absolute Gasteiger partial charge is 0.426 e. The SMILES string of the molecule is CC1(F)Oc2ccc(CNC(=O)c3cc(C(=O)NCc4ccc5c(c4)CC(=O)O5)nc4ccnn34)cc2O1. The van der Waals surface area contributed by atoms with Crippen LogP contribution in [-0.4, -0.2) is 38.4 Å². The first kappa shape index (κ1) is 23.4. The first-order valence-corrected chi connectivity index (χ1v) is 11.7. The average molecular weight is 517 g/mol. The van der Waals surface area contributed by atoms with Crippen molar-refractivity contribution >= 4 is 23.4 Å². The molecule has 0 radical (unpaired) electrons. The number of halogens is 1. The Balaban J connectivity index is 1.16. The van der Waals surface area contributed by atoms with Crippen molar-refractivity contribution in [3.05, 3.63) is 82.8 Å². The molecule has 0 saturated carbocycles. The van der Waals surface area contributed by atoms with Crippen molar-refractivity contribution in [1.82, 2.24) is 25.2 Å². The van der Waals surface area contributed by atoms with Gasteiger partial charge in [-0.15, -0.1) is 0 Å². The van der Waals surface area contributed by atoms with Crippen molar-refractivity contribution in [2.45, 2.75) is 32.5 Å². The Morgan fingerprint density at radius 2 is 1.68 bits per heavy atom. The lowest BCUT2D eigenvalue weighted by Crippen LogP contribution is -2.28. The fraction of sp³-hybridized carbons (Fsp3) is 0.192. The highest BCUT2D eigenvalue weighted by Gasteiger charge is 2.36. The van der Waals surface area contributed by atoms with Gasteiger partial charge < -0.3 is 24.8 Å². The topological polar surface area (TPSA) is 133 Å². The summed E-state index contributed by atoms with van der Waals surface area (Å²) >= 11 is 0. The predicted molar refractivity (Wildman–Crippen MR) is 128 cm³/mol. The highest BCUT2D eigenvalue weighted by Crippen LogP contribution is 2.40. The molecule has 2 aromatic carbocycles. The second-order valence-corrected chi connectivity index (χ2v) is 8.91. The maximum absolute atomic E-state index is 13.9. The van der Waals surface area contributed by atoms with Crippen LogP contribution in [0.5, 0.6) is 17.2 Å². The van der Waals surface area contributed by atoms with Crippen LogP contribution in [0.3, 0.4) is 0 Å². The Hall–Kier alpha value is -5.00. The van der Waals surface area contributed by atoms with E-state index >= 15 is 0 Å². The lowest BCUT2D eigenvalue weighted by molar-refractivity contribution is -0.173. The van der Waals surface area contributed by atoms with Gasteiger partial charge in [0.1, 0.15) is 17.1 Å². The number of nitrogens with zero attached hydrogens (tertiary/aromatic N) is 3. The number of carbonyl (C=O) groups is 3. The Labute approximate surface area is 214 Å². The normalized spacial score (nSPS) is 17.3. The van der Waals surface area contributed by atoms with Gasteiger partial charge in [0.25, 0.3) is 11.8 Å². The number of aromatic nitrogens is 3. The van der Waals surface area contributed by atoms with E-state index in [1.165, 1.54) is 16.8 Å². The fourth-order valence-electron chi connectivity index (χ4n) is 4.27. The minimum absolute atomic E-state index is 0.0353. The van der Waals surface area contributed by atoms with Crippen molar-refractivity contribution in [3.63, 3.8) is 0 Å². The highest BCUT2D eigenvalue weighted by atomic mass is 19.2. The van der Waals surface area contributed by atoms with E-state index in [4.69, 9.17) is 14.2 Å². The monoisotopic (exact) mass is 517 g/mol. The number of alkyl halides is 1. The van der Waals surface area contributed by atoms with E-state index in [2.05, 4.69) is 20.7 Å². The van der Waals surface area contributed by atoms with Crippen LogP contribution in [-0.2, 0) is 24.3 Å². The van der Waals surface area contributed by atoms with E-state index in [0.29, 0.717) is 17.0 Å². The summed E-state index contributed by atoms with van der Waals surface area (Å²) in [6.07, 6.45) is 1.66. The van der Waals surface area contributed by atoms with Gasteiger partial charge in [-0.1, -0.05) is 12.1 Å². The zero-order valence-corrected chi connectivity index (χ0v) is 20.0. The maximum Gasteiger partial charge on any atom is 0.404 e. The summed E-state index contributed by atoms with van der Waals surface area (Å²) in [4.78, 5) is 41.8. The van der Waals surface area contributed by atoms with Crippen molar-refractivity contribution < 1.29 is 33.0 Å². The van der Waals surface area contributed by atoms with Crippen LogP contribution in [0.15, 0.2) is 54.7 Å². The molecule has 12 heteroatoms. The number of hydrogen-bond acceptors (Lipinski definition) is 8. The molecule has 4 aromatic rings. The predicted octanol–water partition coefficient (Wildman–Crippen LogP) is 2.47. The molecule has 4 heterocycles. The number of benzene rings is 2. The van der Waals surface area contributed by atoms with E-state index in [9.17, 15) is 18.8 Å². The van der Waals surface area contributed by atoms with Crippen LogP contribution < -0.4 is 24.8 Å². The van der Waals surface area contributed by atoms with E-state index in [1.54, 1.807) is 42.5 Å². The van der Waals surface area contributed by atoms with E-state index in [0.717, 1.165) is 18.1 Å². The second-order valence-electron chi connectivity index (χ2n) is 8.91. The first-order chi connectivity index (χ1) is 18.2. The molecule has 38 heavy (non-hydrogen) atoms. The van der Waals surface area contributed by atoms with Crippen LogP contribution in [0.25, 0.3) is 5.65 Å². The van der Waals surface area contributed by atoms with Crippen LogP contribution in [0, 0.1) is 0 Å². The number of esters is 1. The Kier molecular flexibility index (Phi) is 5.44. The molecule has 6 rings (SSSR count). The number of rotatable bonds is 6. The molecule has 192 valence electrons. The molecule has 0 saturated heterocycles. The van der Waals surface area contributed by atoms with Crippen molar-refractivity contribution in [2.24, 2.45) is 0 Å². The van der Waals surface area contributed by atoms with Crippen LogP contribution >= 0.6 is 0 Å². The van der Waals surface area contributed by atoms with Gasteiger partial charge in [-0.2, -0.15) is 9.49 Å². The number of hydrogen-bond donors (Lipinski definition) is 2. The number of carbonyl (C=O) groups excluding carboxylic acids is 3. The third-order valence-electron chi connectivity index (χ3n) is 6.01. The minimum atomic E-state index is -2.24. The Morgan fingerprint density at radius 3 is 2.50 bits per heavy atom. The number of ether oxygens (including phenoxy) is 3. The van der Waals surface area contributed by atoms with Gasteiger partial charge >= 0.3 is 12.0 Å².